The first-order chi connectivity index (χ1) is 10.5. The molecule has 1 fully saturated rings. The molecule has 1 saturated heterocycles. The van der Waals surface area contributed by atoms with Gasteiger partial charge < -0.3 is 10.1 Å². The minimum atomic E-state index is -3.22. The van der Waals surface area contributed by atoms with E-state index in [-0.39, 0.29) is 17.0 Å². The Hall–Kier alpha value is -0.950. The topological polar surface area (TPSA) is 67.4 Å². The zero-order valence-electron chi connectivity index (χ0n) is 14.6. The highest BCUT2D eigenvalue weighted by Gasteiger charge is 2.45. The molecule has 1 unspecified atom stereocenters. The van der Waals surface area contributed by atoms with Crippen LogP contribution in [-0.2, 0) is 27.1 Å². The van der Waals surface area contributed by atoms with E-state index in [2.05, 4.69) is 37.7 Å². The first-order valence-electron chi connectivity index (χ1n) is 7.96. The molecular formula is C17H28N2O3S. The molecule has 1 aromatic carbocycles. The van der Waals surface area contributed by atoms with E-state index in [9.17, 15) is 8.42 Å². The molecule has 23 heavy (non-hydrogen) atoms. The van der Waals surface area contributed by atoms with E-state index in [1.807, 2.05) is 24.3 Å². The Morgan fingerprint density at radius 3 is 2.17 bits per heavy atom. The summed E-state index contributed by atoms with van der Waals surface area (Å²) in [5.74, 6) is 0.00882. The van der Waals surface area contributed by atoms with Crippen LogP contribution in [0.4, 0.5) is 0 Å². The fourth-order valence-electron chi connectivity index (χ4n) is 3.17. The number of hydrogen-bond acceptors (Lipinski definition) is 4. The molecular weight excluding hydrogens is 312 g/mol. The van der Waals surface area contributed by atoms with Gasteiger partial charge in [0, 0.05) is 12.6 Å². The van der Waals surface area contributed by atoms with Crippen LogP contribution in [0.15, 0.2) is 24.3 Å². The Balaban J connectivity index is 1.95. The van der Waals surface area contributed by atoms with E-state index >= 15 is 0 Å². The molecule has 0 aliphatic carbocycles. The van der Waals surface area contributed by atoms with E-state index in [4.69, 9.17) is 4.74 Å². The minimum absolute atomic E-state index is 0.00882. The van der Waals surface area contributed by atoms with E-state index in [1.54, 1.807) is 0 Å². The largest absolute Gasteiger partial charge is 0.368 e. The average Bonchev–Trinajstić information content (AvgIpc) is 2.65. The van der Waals surface area contributed by atoms with Crippen molar-refractivity contribution in [3.63, 3.8) is 0 Å². The van der Waals surface area contributed by atoms with Gasteiger partial charge in [-0.3, -0.25) is 0 Å². The maximum Gasteiger partial charge on any atom is 0.215 e. The predicted octanol–water partition coefficient (Wildman–Crippen LogP) is 2.17. The lowest BCUT2D eigenvalue weighted by molar-refractivity contribution is -0.0699. The van der Waals surface area contributed by atoms with E-state index in [0.29, 0.717) is 6.04 Å². The normalized spacial score (nSPS) is 23.1. The van der Waals surface area contributed by atoms with Gasteiger partial charge in [-0.05, 0) is 52.3 Å². The van der Waals surface area contributed by atoms with Gasteiger partial charge >= 0.3 is 0 Å². The molecule has 2 N–H and O–H groups in total. The van der Waals surface area contributed by atoms with Crippen LogP contribution < -0.4 is 10.0 Å². The molecule has 1 heterocycles. The standard InChI is InChI=1S/C17H28N2O3S/c1-16(2)10-15(17(3,4)22-16)19-11-13-6-8-14(9-7-13)12-23(20,21)18-5/h6-9,15,18-19H,10-12H2,1-5H3. The molecule has 1 aliphatic heterocycles. The maximum absolute atomic E-state index is 11.5. The van der Waals surface area contributed by atoms with Crippen molar-refractivity contribution < 1.29 is 13.2 Å². The quantitative estimate of drug-likeness (QED) is 0.833. The van der Waals surface area contributed by atoms with Gasteiger partial charge in [0.1, 0.15) is 0 Å². The van der Waals surface area contributed by atoms with Gasteiger partial charge in [0.05, 0.1) is 17.0 Å². The summed E-state index contributed by atoms with van der Waals surface area (Å²) in [7, 11) is -1.79. The second-order valence-corrected chi connectivity index (χ2v) is 9.31. The first-order valence-corrected chi connectivity index (χ1v) is 9.61. The molecule has 130 valence electrons. The van der Waals surface area contributed by atoms with Crippen molar-refractivity contribution in [3.8, 4) is 0 Å². The lowest BCUT2D eigenvalue weighted by Crippen LogP contribution is -2.42. The summed E-state index contributed by atoms with van der Waals surface area (Å²) in [6.07, 6.45) is 0.971. The van der Waals surface area contributed by atoms with Crippen molar-refractivity contribution in [2.75, 3.05) is 7.05 Å². The van der Waals surface area contributed by atoms with Crippen LogP contribution in [0.2, 0.25) is 0 Å². The first kappa shape index (κ1) is 18.4. The zero-order valence-corrected chi connectivity index (χ0v) is 15.5. The number of nitrogens with one attached hydrogen (secondary N) is 2. The summed E-state index contributed by atoms with van der Waals surface area (Å²) in [5, 5.41) is 3.57. The molecule has 1 atom stereocenters. The van der Waals surface area contributed by atoms with Crippen LogP contribution in [0, 0.1) is 0 Å². The number of benzene rings is 1. The number of rotatable bonds is 6. The monoisotopic (exact) mass is 340 g/mol. The summed E-state index contributed by atoms with van der Waals surface area (Å²) in [6, 6.07) is 7.98. The van der Waals surface area contributed by atoms with Crippen LogP contribution in [0.25, 0.3) is 0 Å². The molecule has 0 spiro atoms. The van der Waals surface area contributed by atoms with Gasteiger partial charge in [-0.1, -0.05) is 24.3 Å². The molecule has 0 saturated carbocycles. The average molecular weight is 340 g/mol. The molecule has 0 aromatic heterocycles. The molecule has 1 aromatic rings. The minimum Gasteiger partial charge on any atom is -0.368 e. The van der Waals surface area contributed by atoms with Crippen molar-refractivity contribution in [3.05, 3.63) is 35.4 Å². The number of sulfonamides is 1. The van der Waals surface area contributed by atoms with Gasteiger partial charge in [0.15, 0.2) is 0 Å². The lowest BCUT2D eigenvalue weighted by Gasteiger charge is -2.28. The third kappa shape index (κ3) is 5.01. The van der Waals surface area contributed by atoms with Gasteiger partial charge in [0.2, 0.25) is 10.0 Å². The zero-order chi connectivity index (χ0) is 17.3. The Kier molecular flexibility index (Phi) is 5.21. The second-order valence-electron chi connectivity index (χ2n) is 7.38. The van der Waals surface area contributed by atoms with Gasteiger partial charge in [-0.2, -0.15) is 0 Å². The second kappa shape index (κ2) is 6.51. The van der Waals surface area contributed by atoms with Crippen molar-refractivity contribution in [1.29, 1.82) is 0 Å². The van der Waals surface area contributed by atoms with Crippen LogP contribution in [0.3, 0.4) is 0 Å². The summed E-state index contributed by atoms with van der Waals surface area (Å²) in [4.78, 5) is 0. The Bertz CT molecular complexity index is 636. The van der Waals surface area contributed by atoms with E-state index in [0.717, 1.165) is 24.1 Å². The molecule has 0 bridgehead atoms. The van der Waals surface area contributed by atoms with Crippen molar-refractivity contribution >= 4 is 10.0 Å². The predicted molar refractivity (Wildman–Crippen MR) is 92.6 cm³/mol. The highest BCUT2D eigenvalue weighted by molar-refractivity contribution is 7.88. The van der Waals surface area contributed by atoms with Crippen LogP contribution in [-0.4, -0.2) is 32.7 Å². The highest BCUT2D eigenvalue weighted by Crippen LogP contribution is 2.37. The molecule has 2 rings (SSSR count). The molecule has 0 radical (unpaired) electrons. The maximum atomic E-state index is 11.5. The van der Waals surface area contributed by atoms with Gasteiger partial charge in [-0.25, -0.2) is 13.1 Å². The highest BCUT2D eigenvalue weighted by atomic mass is 32.2. The molecule has 5 nitrogen and oxygen atoms in total. The smallest absolute Gasteiger partial charge is 0.215 e. The number of hydrogen-bond donors (Lipinski definition) is 2. The molecule has 6 heteroatoms. The summed E-state index contributed by atoms with van der Waals surface area (Å²) in [6.45, 7) is 9.21. The lowest BCUT2D eigenvalue weighted by atomic mass is 9.94. The van der Waals surface area contributed by atoms with E-state index in [1.165, 1.54) is 7.05 Å². The Morgan fingerprint density at radius 2 is 1.70 bits per heavy atom. The van der Waals surface area contributed by atoms with Crippen LogP contribution in [0.1, 0.15) is 45.2 Å². The summed E-state index contributed by atoms with van der Waals surface area (Å²) in [5.41, 5.74) is 1.63. The van der Waals surface area contributed by atoms with E-state index < -0.39 is 10.0 Å². The Morgan fingerprint density at radius 1 is 1.13 bits per heavy atom. The molecule has 0 amide bonds. The Labute approximate surface area is 139 Å². The van der Waals surface area contributed by atoms with Gasteiger partial charge in [0.25, 0.3) is 0 Å². The third-order valence-corrected chi connectivity index (χ3v) is 5.65. The fourth-order valence-corrected chi connectivity index (χ4v) is 3.94. The van der Waals surface area contributed by atoms with Crippen molar-refractivity contribution in [2.45, 2.75) is 63.7 Å². The molecule has 1 aliphatic rings. The van der Waals surface area contributed by atoms with Crippen molar-refractivity contribution in [1.82, 2.24) is 10.0 Å². The number of ether oxygens (including phenoxy) is 1. The summed E-state index contributed by atoms with van der Waals surface area (Å²) < 4.78 is 31.5. The summed E-state index contributed by atoms with van der Waals surface area (Å²) >= 11 is 0. The van der Waals surface area contributed by atoms with Crippen LogP contribution in [0.5, 0.6) is 0 Å². The van der Waals surface area contributed by atoms with Gasteiger partial charge in [-0.15, -0.1) is 0 Å². The van der Waals surface area contributed by atoms with Crippen molar-refractivity contribution in [2.24, 2.45) is 0 Å². The fraction of sp³-hybridized carbons (Fsp3) is 0.647. The third-order valence-electron chi connectivity index (χ3n) is 4.32. The van der Waals surface area contributed by atoms with Crippen LogP contribution >= 0.6 is 0 Å². The SMILES string of the molecule is CNS(=O)(=O)Cc1ccc(CNC2CC(C)(C)OC2(C)C)cc1.